The Bertz CT molecular complexity index is 720. The Kier molecular flexibility index (Phi) is 5.54. The van der Waals surface area contributed by atoms with Gasteiger partial charge in [0.2, 0.25) is 0 Å². The first-order chi connectivity index (χ1) is 11.0. The van der Waals surface area contributed by atoms with Crippen molar-refractivity contribution in [1.29, 1.82) is 0 Å². The predicted molar refractivity (Wildman–Crippen MR) is 86.4 cm³/mol. The van der Waals surface area contributed by atoms with Crippen LogP contribution in [0.2, 0.25) is 5.02 Å². The van der Waals surface area contributed by atoms with Crippen molar-refractivity contribution in [3.05, 3.63) is 58.9 Å². The highest BCUT2D eigenvalue weighted by Gasteiger charge is 2.09. The number of halogens is 2. The molecule has 0 aliphatic heterocycles. The molecule has 2 rings (SSSR count). The van der Waals surface area contributed by atoms with E-state index < -0.39 is 11.9 Å². The molecular formula is C16H14ClFN2O3. The fourth-order valence-corrected chi connectivity index (χ4v) is 1.95. The van der Waals surface area contributed by atoms with Gasteiger partial charge in [0.15, 0.2) is 0 Å². The number of anilines is 2. The number of rotatable bonds is 4. The van der Waals surface area contributed by atoms with Crippen LogP contribution < -0.4 is 10.6 Å². The minimum atomic E-state index is -0.564. The molecule has 0 fully saturated rings. The van der Waals surface area contributed by atoms with Crippen LogP contribution in [-0.4, -0.2) is 18.6 Å². The van der Waals surface area contributed by atoms with Crippen LogP contribution in [0.3, 0.4) is 0 Å². The largest absolute Gasteiger partial charge is 0.450 e. The van der Waals surface area contributed by atoms with Crippen LogP contribution in [0, 0.1) is 5.82 Å². The van der Waals surface area contributed by atoms with E-state index in [1.54, 1.807) is 31.2 Å². The Morgan fingerprint density at radius 1 is 1.09 bits per heavy atom. The molecule has 2 aromatic rings. The van der Waals surface area contributed by atoms with Gasteiger partial charge >= 0.3 is 6.09 Å². The van der Waals surface area contributed by atoms with E-state index in [-0.39, 0.29) is 17.5 Å². The van der Waals surface area contributed by atoms with Gasteiger partial charge < -0.3 is 10.1 Å². The lowest BCUT2D eigenvalue weighted by molar-refractivity contribution is 0.102. The van der Waals surface area contributed by atoms with Crippen LogP contribution in [0.15, 0.2) is 42.5 Å². The van der Waals surface area contributed by atoms with Gasteiger partial charge in [-0.1, -0.05) is 11.6 Å². The molecule has 2 aromatic carbocycles. The summed E-state index contributed by atoms with van der Waals surface area (Å²) >= 11 is 5.66. The summed E-state index contributed by atoms with van der Waals surface area (Å²) < 4.78 is 17.8. The molecule has 7 heteroatoms. The van der Waals surface area contributed by atoms with Crippen molar-refractivity contribution < 1.29 is 18.7 Å². The fourth-order valence-electron chi connectivity index (χ4n) is 1.77. The molecule has 23 heavy (non-hydrogen) atoms. The summed E-state index contributed by atoms with van der Waals surface area (Å²) in [6, 6.07) is 10.1. The third-order valence-corrected chi connectivity index (χ3v) is 3.14. The number of hydrogen-bond acceptors (Lipinski definition) is 3. The average Bonchev–Trinajstić information content (AvgIpc) is 2.52. The van der Waals surface area contributed by atoms with Crippen molar-refractivity contribution >= 4 is 35.0 Å². The third-order valence-electron chi connectivity index (χ3n) is 2.85. The topological polar surface area (TPSA) is 67.4 Å². The van der Waals surface area contributed by atoms with E-state index in [2.05, 4.69) is 10.6 Å². The van der Waals surface area contributed by atoms with Crippen molar-refractivity contribution in [2.24, 2.45) is 0 Å². The standard InChI is InChI=1S/C16H14ClFN2O3/c1-2-23-16(22)20-11-5-3-10(4-6-11)15(21)19-12-7-8-14(18)13(17)9-12/h3-9H,2H2,1H3,(H,19,21)(H,20,22). The van der Waals surface area contributed by atoms with E-state index in [4.69, 9.17) is 16.3 Å². The van der Waals surface area contributed by atoms with Crippen LogP contribution in [-0.2, 0) is 4.74 Å². The normalized spacial score (nSPS) is 10.0. The van der Waals surface area contributed by atoms with Crippen LogP contribution in [0.4, 0.5) is 20.6 Å². The maximum atomic E-state index is 13.1. The zero-order valence-corrected chi connectivity index (χ0v) is 13.0. The SMILES string of the molecule is CCOC(=O)Nc1ccc(C(=O)Nc2ccc(F)c(Cl)c2)cc1. The summed E-state index contributed by atoms with van der Waals surface area (Å²) in [4.78, 5) is 23.4. The summed E-state index contributed by atoms with van der Waals surface area (Å²) in [5.41, 5.74) is 1.26. The second kappa shape index (κ2) is 7.60. The average molecular weight is 337 g/mol. The Morgan fingerprint density at radius 3 is 2.35 bits per heavy atom. The quantitative estimate of drug-likeness (QED) is 0.874. The maximum absolute atomic E-state index is 13.1. The number of ether oxygens (including phenoxy) is 1. The number of carbonyl (C=O) groups excluding carboxylic acids is 2. The number of carbonyl (C=O) groups is 2. The first-order valence-electron chi connectivity index (χ1n) is 6.80. The summed E-state index contributed by atoms with van der Waals surface area (Å²) in [6.07, 6.45) is -0.564. The molecule has 0 aromatic heterocycles. The van der Waals surface area contributed by atoms with E-state index in [1.165, 1.54) is 18.2 Å². The Hall–Kier alpha value is -2.60. The smallest absolute Gasteiger partial charge is 0.411 e. The van der Waals surface area contributed by atoms with Gasteiger partial charge in [-0.3, -0.25) is 10.1 Å². The van der Waals surface area contributed by atoms with Crippen LogP contribution in [0.1, 0.15) is 17.3 Å². The Balaban J connectivity index is 2.02. The lowest BCUT2D eigenvalue weighted by Crippen LogP contribution is -2.14. The molecule has 0 saturated heterocycles. The zero-order valence-electron chi connectivity index (χ0n) is 12.2. The lowest BCUT2D eigenvalue weighted by atomic mass is 10.2. The van der Waals surface area contributed by atoms with Gasteiger partial charge in [0.25, 0.3) is 5.91 Å². The van der Waals surface area contributed by atoms with Crippen LogP contribution in [0.5, 0.6) is 0 Å². The molecule has 120 valence electrons. The predicted octanol–water partition coefficient (Wildman–Crippen LogP) is 4.30. The first kappa shape index (κ1) is 16.8. The first-order valence-corrected chi connectivity index (χ1v) is 7.17. The van der Waals surface area contributed by atoms with Gasteiger partial charge in [-0.2, -0.15) is 0 Å². The molecule has 5 nitrogen and oxygen atoms in total. The summed E-state index contributed by atoms with van der Waals surface area (Å²) in [5, 5.41) is 5.05. The van der Waals surface area contributed by atoms with Crippen LogP contribution >= 0.6 is 11.6 Å². The van der Waals surface area contributed by atoms with Gasteiger partial charge in [-0.05, 0) is 49.4 Å². The second-order valence-corrected chi connectivity index (χ2v) is 4.91. The molecule has 0 aliphatic rings. The number of benzene rings is 2. The summed E-state index contributed by atoms with van der Waals surface area (Å²) in [5.74, 6) is -0.936. The molecule has 0 atom stereocenters. The molecule has 0 unspecified atom stereocenters. The van der Waals surface area contributed by atoms with Gasteiger partial charge in [0, 0.05) is 16.9 Å². The van der Waals surface area contributed by atoms with Crippen molar-refractivity contribution in [1.82, 2.24) is 0 Å². The third kappa shape index (κ3) is 4.69. The monoisotopic (exact) mass is 336 g/mol. The summed E-state index contributed by atoms with van der Waals surface area (Å²) in [7, 11) is 0. The van der Waals surface area contributed by atoms with Crippen molar-refractivity contribution in [3.63, 3.8) is 0 Å². The second-order valence-electron chi connectivity index (χ2n) is 4.51. The van der Waals surface area contributed by atoms with Gasteiger partial charge in [0.1, 0.15) is 5.82 Å². The fraction of sp³-hybridized carbons (Fsp3) is 0.125. The molecule has 2 N–H and O–H groups in total. The Morgan fingerprint density at radius 2 is 1.74 bits per heavy atom. The minimum Gasteiger partial charge on any atom is -0.450 e. The molecule has 0 bridgehead atoms. The number of hydrogen-bond donors (Lipinski definition) is 2. The van der Waals surface area contributed by atoms with E-state index in [1.807, 2.05) is 0 Å². The van der Waals surface area contributed by atoms with Crippen molar-refractivity contribution in [2.75, 3.05) is 17.2 Å². The van der Waals surface area contributed by atoms with E-state index in [0.29, 0.717) is 16.9 Å². The molecule has 0 heterocycles. The van der Waals surface area contributed by atoms with E-state index >= 15 is 0 Å². The van der Waals surface area contributed by atoms with Gasteiger partial charge in [-0.25, -0.2) is 9.18 Å². The van der Waals surface area contributed by atoms with Crippen LogP contribution in [0.25, 0.3) is 0 Å². The van der Waals surface area contributed by atoms with Gasteiger partial charge in [-0.15, -0.1) is 0 Å². The maximum Gasteiger partial charge on any atom is 0.411 e. The molecule has 0 saturated carbocycles. The number of amides is 2. The molecule has 0 aliphatic carbocycles. The Labute approximate surface area is 137 Å². The number of nitrogens with one attached hydrogen (secondary N) is 2. The summed E-state index contributed by atoms with van der Waals surface area (Å²) in [6.45, 7) is 1.97. The highest BCUT2D eigenvalue weighted by molar-refractivity contribution is 6.31. The van der Waals surface area contributed by atoms with E-state index in [0.717, 1.165) is 0 Å². The highest BCUT2D eigenvalue weighted by atomic mass is 35.5. The lowest BCUT2D eigenvalue weighted by Gasteiger charge is -2.08. The van der Waals surface area contributed by atoms with Gasteiger partial charge in [0.05, 0.1) is 11.6 Å². The highest BCUT2D eigenvalue weighted by Crippen LogP contribution is 2.20. The molecule has 0 spiro atoms. The molecule has 0 radical (unpaired) electrons. The minimum absolute atomic E-state index is 0.0724. The molecule has 2 amide bonds. The zero-order chi connectivity index (χ0) is 16.8. The van der Waals surface area contributed by atoms with E-state index in [9.17, 15) is 14.0 Å². The molecular weight excluding hydrogens is 323 g/mol. The van der Waals surface area contributed by atoms with Crippen molar-refractivity contribution in [2.45, 2.75) is 6.92 Å². The van der Waals surface area contributed by atoms with Crippen molar-refractivity contribution in [3.8, 4) is 0 Å².